The Hall–Kier alpha value is -1.36. The molecule has 0 fully saturated rings. The maximum Gasteiger partial charge on any atom is 0.307 e. The Bertz CT molecular complexity index is 331. The van der Waals surface area contributed by atoms with Crippen molar-refractivity contribution in [3.05, 3.63) is 18.2 Å². The molecule has 0 saturated carbocycles. The average Bonchev–Trinajstić information content (AvgIpc) is 2.51. The average molecular weight is 197 g/mol. The van der Waals surface area contributed by atoms with Gasteiger partial charge in [0.15, 0.2) is 0 Å². The first-order valence-electron chi connectivity index (χ1n) is 4.30. The van der Waals surface area contributed by atoms with Crippen molar-refractivity contribution in [1.82, 2.24) is 9.55 Å². The molecule has 78 valence electrons. The van der Waals surface area contributed by atoms with Crippen LogP contribution in [0.5, 0.6) is 0 Å². The zero-order chi connectivity index (χ0) is 10.8. The Labute approximate surface area is 82.9 Å². The molecule has 0 spiro atoms. The summed E-state index contributed by atoms with van der Waals surface area (Å²) < 4.78 is 6.37. The van der Waals surface area contributed by atoms with Crippen LogP contribution in [0.15, 0.2) is 12.5 Å². The summed E-state index contributed by atoms with van der Waals surface area (Å²) in [5.74, 6) is -0.323. The summed E-state index contributed by atoms with van der Waals surface area (Å²) in [4.78, 5) is 15.1. The Morgan fingerprint density at radius 1 is 1.79 bits per heavy atom. The van der Waals surface area contributed by atoms with E-state index in [0.717, 1.165) is 5.69 Å². The van der Waals surface area contributed by atoms with E-state index in [-0.39, 0.29) is 12.4 Å². The normalized spacial score (nSPS) is 14.9. The second kappa shape index (κ2) is 3.79. The molecule has 5 heteroatoms. The third-order valence-corrected chi connectivity index (χ3v) is 2.14. The van der Waals surface area contributed by atoms with E-state index in [9.17, 15) is 4.79 Å². The highest BCUT2D eigenvalue weighted by atomic mass is 16.5. The van der Waals surface area contributed by atoms with Crippen LogP contribution in [0.4, 0.5) is 0 Å². The number of aromatic nitrogens is 2. The zero-order valence-corrected chi connectivity index (χ0v) is 8.65. The van der Waals surface area contributed by atoms with E-state index in [1.165, 1.54) is 7.11 Å². The Kier molecular flexibility index (Phi) is 2.90. The maximum atomic E-state index is 11.1. The van der Waals surface area contributed by atoms with Crippen LogP contribution in [0.1, 0.15) is 19.0 Å². The van der Waals surface area contributed by atoms with E-state index in [1.54, 1.807) is 24.0 Å². The molecule has 1 aromatic rings. The third kappa shape index (κ3) is 2.11. The predicted octanol–water partition coefficient (Wildman–Crippen LogP) is 0.157. The van der Waals surface area contributed by atoms with Crippen LogP contribution < -0.4 is 5.73 Å². The van der Waals surface area contributed by atoms with Crippen LogP contribution in [0.2, 0.25) is 0 Å². The predicted molar refractivity (Wildman–Crippen MR) is 51.4 cm³/mol. The van der Waals surface area contributed by atoms with Crippen molar-refractivity contribution in [3.63, 3.8) is 0 Å². The molecule has 0 saturated heterocycles. The molecular weight excluding hydrogens is 182 g/mol. The molecule has 0 aliphatic rings. The van der Waals surface area contributed by atoms with E-state index in [2.05, 4.69) is 9.72 Å². The molecule has 0 radical (unpaired) electrons. The van der Waals surface area contributed by atoms with Gasteiger partial charge in [-0.2, -0.15) is 0 Å². The number of nitrogens with two attached hydrogens (primary N) is 1. The lowest BCUT2D eigenvalue weighted by Gasteiger charge is -2.23. The van der Waals surface area contributed by atoms with Crippen molar-refractivity contribution < 1.29 is 9.53 Å². The zero-order valence-electron chi connectivity index (χ0n) is 8.65. The molecule has 0 aliphatic carbocycles. The van der Waals surface area contributed by atoms with Crippen LogP contribution in [-0.2, 0) is 22.1 Å². The highest BCUT2D eigenvalue weighted by Gasteiger charge is 2.27. The van der Waals surface area contributed by atoms with Gasteiger partial charge in [0.1, 0.15) is 0 Å². The first-order chi connectivity index (χ1) is 6.47. The van der Waals surface area contributed by atoms with Gasteiger partial charge in [0, 0.05) is 13.2 Å². The van der Waals surface area contributed by atoms with Gasteiger partial charge >= 0.3 is 5.97 Å². The van der Waals surface area contributed by atoms with Crippen molar-refractivity contribution in [3.8, 4) is 0 Å². The quantitative estimate of drug-likeness (QED) is 0.700. The number of carbonyl (C=O) groups is 1. The number of imidazole rings is 1. The molecule has 14 heavy (non-hydrogen) atoms. The number of methoxy groups -OCH3 is 1. The molecular formula is C9H15N3O2. The highest BCUT2D eigenvalue weighted by molar-refractivity contribution is 5.70. The number of rotatable bonds is 3. The Balaban J connectivity index is 2.85. The summed E-state index contributed by atoms with van der Waals surface area (Å²) in [5.41, 5.74) is 6.07. The van der Waals surface area contributed by atoms with Gasteiger partial charge in [-0.15, -0.1) is 0 Å². The molecule has 1 rings (SSSR count). The van der Waals surface area contributed by atoms with E-state index in [4.69, 9.17) is 5.73 Å². The van der Waals surface area contributed by atoms with Crippen molar-refractivity contribution >= 4 is 5.97 Å². The van der Waals surface area contributed by atoms with E-state index in [1.807, 2.05) is 7.05 Å². The number of hydrogen-bond donors (Lipinski definition) is 1. The van der Waals surface area contributed by atoms with Crippen LogP contribution >= 0.6 is 0 Å². The van der Waals surface area contributed by atoms with Gasteiger partial charge in [0.2, 0.25) is 0 Å². The number of carbonyl (C=O) groups excluding carboxylic acids is 1. The molecule has 0 bridgehead atoms. The fourth-order valence-electron chi connectivity index (χ4n) is 1.37. The minimum absolute atomic E-state index is 0.142. The van der Waals surface area contributed by atoms with E-state index < -0.39 is 5.54 Å². The standard InChI is InChI=1S/C9H15N3O2/c1-9(10,4-8(13)14-3)7-5-11-6-12(7)2/h5-6H,4,10H2,1-3H3/t9-/m0/s1. The van der Waals surface area contributed by atoms with Gasteiger partial charge in [-0.05, 0) is 6.92 Å². The van der Waals surface area contributed by atoms with Gasteiger partial charge in [-0.3, -0.25) is 4.79 Å². The summed E-state index contributed by atoms with van der Waals surface area (Å²) in [5, 5.41) is 0. The molecule has 2 N–H and O–H groups in total. The molecule has 1 heterocycles. The number of ether oxygens (including phenoxy) is 1. The van der Waals surface area contributed by atoms with Crippen LogP contribution in [0.25, 0.3) is 0 Å². The van der Waals surface area contributed by atoms with Crippen LogP contribution in [0.3, 0.4) is 0 Å². The van der Waals surface area contributed by atoms with Gasteiger partial charge in [0.25, 0.3) is 0 Å². The minimum Gasteiger partial charge on any atom is -0.469 e. The molecule has 0 aromatic carbocycles. The minimum atomic E-state index is -0.738. The van der Waals surface area contributed by atoms with E-state index in [0.29, 0.717) is 0 Å². The summed E-state index contributed by atoms with van der Waals surface area (Å²) in [6.07, 6.45) is 3.45. The topological polar surface area (TPSA) is 70.1 Å². The first-order valence-corrected chi connectivity index (χ1v) is 4.30. The molecule has 0 unspecified atom stereocenters. The first kappa shape index (κ1) is 10.7. The second-order valence-corrected chi connectivity index (χ2v) is 3.56. The summed E-state index contributed by atoms with van der Waals surface area (Å²) in [6, 6.07) is 0. The largest absolute Gasteiger partial charge is 0.469 e. The smallest absolute Gasteiger partial charge is 0.307 e. The monoisotopic (exact) mass is 197 g/mol. The third-order valence-electron chi connectivity index (χ3n) is 2.14. The summed E-state index contributed by atoms with van der Waals surface area (Å²) >= 11 is 0. The SMILES string of the molecule is COC(=O)C[C@](C)(N)c1cncn1C. The van der Waals surface area contributed by atoms with Crippen molar-refractivity contribution in [2.75, 3.05) is 7.11 Å². The van der Waals surface area contributed by atoms with Gasteiger partial charge < -0.3 is 15.0 Å². The number of esters is 1. The molecule has 0 aliphatic heterocycles. The van der Waals surface area contributed by atoms with Crippen molar-refractivity contribution in [2.45, 2.75) is 18.9 Å². The van der Waals surface area contributed by atoms with Crippen molar-refractivity contribution in [2.24, 2.45) is 12.8 Å². The van der Waals surface area contributed by atoms with E-state index >= 15 is 0 Å². The highest BCUT2D eigenvalue weighted by Crippen LogP contribution is 2.20. The Morgan fingerprint density at radius 2 is 2.43 bits per heavy atom. The van der Waals surface area contributed by atoms with Crippen molar-refractivity contribution in [1.29, 1.82) is 0 Å². The molecule has 5 nitrogen and oxygen atoms in total. The molecule has 1 aromatic heterocycles. The summed E-state index contributed by atoms with van der Waals surface area (Å²) in [7, 11) is 3.19. The number of hydrogen-bond acceptors (Lipinski definition) is 4. The fraction of sp³-hybridized carbons (Fsp3) is 0.556. The molecule has 0 amide bonds. The fourth-order valence-corrected chi connectivity index (χ4v) is 1.37. The number of aryl methyl sites for hydroxylation is 1. The lowest BCUT2D eigenvalue weighted by molar-refractivity contribution is -0.142. The van der Waals surface area contributed by atoms with Crippen LogP contribution in [-0.4, -0.2) is 22.6 Å². The Morgan fingerprint density at radius 3 is 2.86 bits per heavy atom. The van der Waals surface area contributed by atoms with Gasteiger partial charge in [0.05, 0.1) is 31.1 Å². The second-order valence-electron chi connectivity index (χ2n) is 3.56. The van der Waals surface area contributed by atoms with Gasteiger partial charge in [-0.1, -0.05) is 0 Å². The lowest BCUT2D eigenvalue weighted by Crippen LogP contribution is -2.37. The summed E-state index contributed by atoms with van der Waals surface area (Å²) in [6.45, 7) is 1.78. The lowest BCUT2D eigenvalue weighted by atomic mass is 9.95. The van der Waals surface area contributed by atoms with Gasteiger partial charge in [-0.25, -0.2) is 4.98 Å². The number of nitrogens with zero attached hydrogens (tertiary/aromatic N) is 2. The maximum absolute atomic E-state index is 11.1. The molecule has 1 atom stereocenters. The van der Waals surface area contributed by atoms with Crippen LogP contribution in [0, 0.1) is 0 Å².